The average molecular weight is 351 g/mol. The SMILES string of the molecule is C#CC.C/C=C(\C=C/CN=Nc1n(C)cc[n+]1C)Nc1ccc(N)cc1. The van der Waals surface area contributed by atoms with Crippen LogP contribution in [-0.2, 0) is 14.1 Å². The average Bonchev–Trinajstić information content (AvgIpc) is 2.94. The van der Waals surface area contributed by atoms with Crippen molar-refractivity contribution < 1.29 is 4.57 Å². The van der Waals surface area contributed by atoms with E-state index in [4.69, 9.17) is 5.73 Å². The largest absolute Gasteiger partial charge is 0.420 e. The van der Waals surface area contributed by atoms with Crippen LogP contribution in [0.4, 0.5) is 17.3 Å². The number of allylic oxidation sites excluding steroid dienone is 2. The summed E-state index contributed by atoms with van der Waals surface area (Å²) in [5, 5.41) is 11.7. The minimum absolute atomic E-state index is 0.520. The van der Waals surface area contributed by atoms with Gasteiger partial charge >= 0.3 is 5.95 Å². The number of hydrogen-bond donors (Lipinski definition) is 2. The first-order chi connectivity index (χ1) is 12.5. The smallest absolute Gasteiger partial charge is 0.399 e. The molecule has 0 saturated carbocycles. The maximum Gasteiger partial charge on any atom is 0.420 e. The van der Waals surface area contributed by atoms with Crippen molar-refractivity contribution in [3.05, 3.63) is 60.6 Å². The predicted octanol–water partition coefficient (Wildman–Crippen LogP) is 3.73. The third kappa shape index (κ3) is 7.05. The Morgan fingerprint density at radius 3 is 2.58 bits per heavy atom. The Balaban J connectivity index is 0.00000105. The molecule has 2 rings (SSSR count). The summed E-state index contributed by atoms with van der Waals surface area (Å²) in [6.07, 6.45) is 14.4. The highest BCUT2D eigenvalue weighted by molar-refractivity contribution is 5.55. The Hall–Kier alpha value is -3.33. The lowest BCUT2D eigenvalue weighted by atomic mass is 10.2. The van der Waals surface area contributed by atoms with Gasteiger partial charge in [-0.1, -0.05) is 12.2 Å². The van der Waals surface area contributed by atoms with Gasteiger partial charge in [0.15, 0.2) is 0 Å². The van der Waals surface area contributed by atoms with E-state index in [1.54, 1.807) is 6.92 Å². The van der Waals surface area contributed by atoms with Crippen molar-refractivity contribution in [2.24, 2.45) is 24.3 Å². The number of anilines is 2. The third-order valence-corrected chi connectivity index (χ3v) is 3.30. The van der Waals surface area contributed by atoms with E-state index >= 15 is 0 Å². The van der Waals surface area contributed by atoms with Crippen LogP contribution >= 0.6 is 0 Å². The molecule has 0 aliphatic rings. The van der Waals surface area contributed by atoms with E-state index in [1.807, 2.05) is 85.0 Å². The van der Waals surface area contributed by atoms with Crippen molar-refractivity contribution >= 4 is 17.3 Å². The topological polar surface area (TPSA) is 71.6 Å². The normalized spacial score (nSPS) is 11.3. The molecule has 26 heavy (non-hydrogen) atoms. The second kappa shape index (κ2) is 11.3. The van der Waals surface area contributed by atoms with Gasteiger partial charge in [0.05, 0.1) is 33.0 Å². The Morgan fingerprint density at radius 1 is 1.38 bits per heavy atom. The number of nitrogens with zero attached hydrogens (tertiary/aromatic N) is 4. The molecule has 3 N–H and O–H groups in total. The standard InChI is InChI=1S/C17H22N6.C3H4/c1-4-15(20-16-9-7-14(18)8-10-16)6-5-11-19-21-17-22(2)12-13-23(17)3;1-3-2/h4-10,12-13,18-19H,11H2,1-3H3;1H,2H3/p+1/b6-5-,15-4+;. The van der Waals surface area contributed by atoms with Crippen LogP contribution in [0.3, 0.4) is 0 Å². The van der Waals surface area contributed by atoms with Crippen LogP contribution in [0, 0.1) is 12.3 Å². The predicted molar refractivity (Wildman–Crippen MR) is 108 cm³/mol. The van der Waals surface area contributed by atoms with Gasteiger partial charge in [0, 0.05) is 22.2 Å². The summed E-state index contributed by atoms with van der Waals surface area (Å²) in [5.74, 6) is 3.06. The van der Waals surface area contributed by atoms with Gasteiger partial charge in [-0.25, -0.2) is 9.13 Å². The zero-order valence-corrected chi connectivity index (χ0v) is 15.8. The molecule has 6 nitrogen and oxygen atoms in total. The molecular formula is C20H27N6+. The zero-order chi connectivity index (χ0) is 19.4. The summed E-state index contributed by atoms with van der Waals surface area (Å²) in [6.45, 7) is 4.15. The molecule has 0 saturated heterocycles. The summed E-state index contributed by atoms with van der Waals surface area (Å²) in [6, 6.07) is 7.63. The number of aromatic nitrogens is 2. The van der Waals surface area contributed by atoms with Gasteiger partial charge < -0.3 is 11.1 Å². The van der Waals surface area contributed by atoms with E-state index in [9.17, 15) is 0 Å². The van der Waals surface area contributed by atoms with Crippen molar-refractivity contribution in [1.29, 1.82) is 0 Å². The molecule has 2 aromatic rings. The van der Waals surface area contributed by atoms with Crippen LogP contribution in [0.15, 0.2) is 70.8 Å². The first kappa shape index (κ1) is 20.7. The van der Waals surface area contributed by atoms with E-state index in [2.05, 4.69) is 27.9 Å². The number of nitrogens with two attached hydrogens (primary N) is 1. The first-order valence-corrected chi connectivity index (χ1v) is 8.23. The molecule has 136 valence electrons. The van der Waals surface area contributed by atoms with Crippen LogP contribution < -0.4 is 15.6 Å². The van der Waals surface area contributed by atoms with Crippen molar-refractivity contribution in [2.45, 2.75) is 13.8 Å². The number of nitrogen functional groups attached to an aromatic ring is 1. The molecule has 0 fully saturated rings. The molecule has 0 amide bonds. The molecule has 1 heterocycles. The van der Waals surface area contributed by atoms with Gasteiger partial charge in [-0.3, -0.25) is 0 Å². The van der Waals surface area contributed by atoms with Gasteiger partial charge in [-0.05, 0) is 44.2 Å². The Morgan fingerprint density at radius 2 is 2.04 bits per heavy atom. The van der Waals surface area contributed by atoms with Gasteiger partial charge in [-0.2, -0.15) is 0 Å². The maximum absolute atomic E-state index is 5.68. The molecule has 0 spiro atoms. The number of rotatable bonds is 6. The van der Waals surface area contributed by atoms with Crippen LogP contribution in [0.25, 0.3) is 0 Å². The third-order valence-electron chi connectivity index (χ3n) is 3.30. The van der Waals surface area contributed by atoms with E-state index in [0.717, 1.165) is 23.0 Å². The summed E-state index contributed by atoms with van der Waals surface area (Å²) < 4.78 is 3.85. The monoisotopic (exact) mass is 351 g/mol. The fourth-order valence-electron chi connectivity index (χ4n) is 2.00. The van der Waals surface area contributed by atoms with Gasteiger partial charge in [0.2, 0.25) is 0 Å². The van der Waals surface area contributed by atoms with Crippen molar-refractivity contribution in [2.75, 3.05) is 17.6 Å². The first-order valence-electron chi connectivity index (χ1n) is 8.23. The van der Waals surface area contributed by atoms with E-state index < -0.39 is 0 Å². The number of azo groups is 1. The van der Waals surface area contributed by atoms with Crippen LogP contribution in [0.5, 0.6) is 0 Å². The number of terminal acetylenes is 1. The highest BCUT2D eigenvalue weighted by Crippen LogP contribution is 2.13. The van der Waals surface area contributed by atoms with Crippen molar-refractivity contribution in [3.8, 4) is 12.3 Å². The fourth-order valence-corrected chi connectivity index (χ4v) is 2.00. The Bertz CT molecular complexity index is 784. The van der Waals surface area contributed by atoms with Gasteiger partial charge in [-0.15, -0.1) is 17.5 Å². The van der Waals surface area contributed by atoms with Gasteiger partial charge in [0.1, 0.15) is 0 Å². The van der Waals surface area contributed by atoms with E-state index in [-0.39, 0.29) is 0 Å². The summed E-state index contributed by atoms with van der Waals surface area (Å²) >= 11 is 0. The minimum Gasteiger partial charge on any atom is -0.399 e. The molecule has 0 aliphatic carbocycles. The molecule has 1 aromatic heterocycles. The second-order valence-electron chi connectivity index (χ2n) is 5.43. The molecular weight excluding hydrogens is 324 g/mol. The number of benzene rings is 1. The zero-order valence-electron chi connectivity index (χ0n) is 15.8. The van der Waals surface area contributed by atoms with Crippen LogP contribution in [0.1, 0.15) is 13.8 Å². The Labute approximate surface area is 155 Å². The van der Waals surface area contributed by atoms with Crippen molar-refractivity contribution in [3.63, 3.8) is 0 Å². The number of hydrogen-bond acceptors (Lipinski definition) is 4. The number of aryl methyl sites for hydroxylation is 2. The van der Waals surface area contributed by atoms with E-state index in [1.165, 1.54) is 0 Å². The van der Waals surface area contributed by atoms with E-state index in [0.29, 0.717) is 6.54 Å². The van der Waals surface area contributed by atoms with Crippen molar-refractivity contribution in [1.82, 2.24) is 4.57 Å². The number of imidazole rings is 1. The highest BCUT2D eigenvalue weighted by atomic mass is 15.3. The lowest BCUT2D eigenvalue weighted by molar-refractivity contribution is -0.657. The quantitative estimate of drug-likeness (QED) is 0.274. The molecule has 1 aromatic carbocycles. The Kier molecular flexibility index (Phi) is 8.97. The summed E-state index contributed by atoms with van der Waals surface area (Å²) in [7, 11) is 3.89. The van der Waals surface area contributed by atoms with Crippen LogP contribution in [0.2, 0.25) is 0 Å². The lowest BCUT2D eigenvalue weighted by Crippen LogP contribution is -2.25. The molecule has 0 bridgehead atoms. The fraction of sp³-hybridized carbons (Fsp3) is 0.250. The van der Waals surface area contributed by atoms with Gasteiger partial charge in [0.25, 0.3) is 0 Å². The lowest BCUT2D eigenvalue weighted by Gasteiger charge is -2.06. The number of nitrogens with one attached hydrogen (secondary N) is 1. The summed E-state index contributed by atoms with van der Waals surface area (Å²) in [5.41, 5.74) is 8.42. The molecule has 0 aliphatic heterocycles. The molecule has 0 unspecified atom stereocenters. The van der Waals surface area contributed by atoms with Crippen LogP contribution in [-0.4, -0.2) is 11.1 Å². The molecule has 0 radical (unpaired) electrons. The highest BCUT2D eigenvalue weighted by Gasteiger charge is 2.09. The maximum atomic E-state index is 5.68. The second-order valence-corrected chi connectivity index (χ2v) is 5.43. The summed E-state index contributed by atoms with van der Waals surface area (Å²) in [4.78, 5) is 0. The minimum atomic E-state index is 0.520. The molecule has 0 atom stereocenters. The molecule has 6 heteroatoms.